The maximum absolute atomic E-state index is 13.7. The van der Waals surface area contributed by atoms with Crippen LogP contribution in [-0.2, 0) is 47.9 Å². The van der Waals surface area contributed by atoms with Gasteiger partial charge in [0.1, 0.15) is 24.6 Å². The Kier molecular flexibility index (Phi) is 23.2. The Morgan fingerprint density at radius 1 is 0.494 bits per heavy atom. The smallest absolute Gasteiger partial charge is 0.417 e. The molecule has 3 atom stereocenters. The molecule has 16 heteroatoms. The minimum Gasteiger partial charge on any atom is -0.493 e. The van der Waals surface area contributed by atoms with Crippen LogP contribution in [0.3, 0.4) is 0 Å². The molecular formula is C67H66Cl2F6N2O6+2. The zero-order chi connectivity index (χ0) is 59.4. The van der Waals surface area contributed by atoms with Crippen LogP contribution in [0.2, 0.25) is 10.0 Å². The van der Waals surface area contributed by atoms with E-state index in [9.17, 15) is 35.9 Å². The maximum Gasteiger partial charge on any atom is 0.417 e. The summed E-state index contributed by atoms with van der Waals surface area (Å²) in [6.45, 7) is 5.29. The molecule has 0 saturated heterocycles. The molecule has 83 heavy (non-hydrogen) atoms. The number of nitrogens with one attached hydrogen (secondary N) is 2. The number of rotatable bonds is 26. The molecule has 0 radical (unpaired) electrons. The number of hydrogen-bond acceptors (Lipinski definition) is 4. The van der Waals surface area contributed by atoms with Crippen LogP contribution in [0, 0.1) is 0 Å². The molecular weight excluding hydrogens is 1110 g/mol. The van der Waals surface area contributed by atoms with Gasteiger partial charge in [0, 0.05) is 24.0 Å². The monoisotopic (exact) mass is 1180 g/mol. The first-order valence-electron chi connectivity index (χ1n) is 27.3. The highest BCUT2D eigenvalue weighted by molar-refractivity contribution is 6.32. The average Bonchev–Trinajstić information content (AvgIpc) is 3.61. The molecule has 0 aliphatic carbocycles. The fourth-order valence-electron chi connectivity index (χ4n) is 10.2. The molecule has 0 saturated carbocycles. The van der Waals surface area contributed by atoms with E-state index in [0.29, 0.717) is 92.5 Å². The second-order valence-electron chi connectivity index (χ2n) is 20.4. The molecule has 0 amide bonds. The van der Waals surface area contributed by atoms with Crippen molar-refractivity contribution >= 4 is 35.1 Å². The van der Waals surface area contributed by atoms with E-state index in [2.05, 4.69) is 55.5 Å². The quantitative estimate of drug-likeness (QED) is 0.0318. The lowest BCUT2D eigenvalue weighted by atomic mass is 9.90. The summed E-state index contributed by atoms with van der Waals surface area (Å²) in [7, 11) is 0. The molecule has 0 aliphatic rings. The van der Waals surface area contributed by atoms with E-state index in [0.717, 1.165) is 44.2 Å². The fourth-order valence-corrected chi connectivity index (χ4v) is 10.8. The Hall–Kier alpha value is -7.62. The van der Waals surface area contributed by atoms with Crippen LogP contribution in [-0.4, -0.2) is 61.0 Å². The van der Waals surface area contributed by atoms with E-state index >= 15 is 0 Å². The van der Waals surface area contributed by atoms with Gasteiger partial charge >= 0.3 is 24.3 Å². The van der Waals surface area contributed by atoms with Crippen molar-refractivity contribution in [3.63, 3.8) is 0 Å². The normalized spacial score (nSPS) is 12.7. The molecule has 8 rings (SSSR count). The molecule has 8 aromatic rings. The maximum atomic E-state index is 13.7. The highest BCUT2D eigenvalue weighted by Crippen LogP contribution is 2.37. The summed E-state index contributed by atoms with van der Waals surface area (Å²) in [6.07, 6.45) is -8.01. The molecule has 0 aliphatic heterocycles. The van der Waals surface area contributed by atoms with Gasteiger partial charge in [-0.2, -0.15) is 26.3 Å². The van der Waals surface area contributed by atoms with Crippen molar-refractivity contribution in [1.82, 2.24) is 0 Å². The first-order valence-corrected chi connectivity index (χ1v) is 28.0. The van der Waals surface area contributed by atoms with E-state index < -0.39 is 35.4 Å². The van der Waals surface area contributed by atoms with E-state index in [1.54, 1.807) is 60.7 Å². The SMILES string of the molecule is CC(CCOc1cccc(CC(=O)O)c1)[NH+](Cc1cccc(C(F)(F)F)c1Cl)CC(c1ccccc1)c1ccccc1.O=C(O)Cc1cccc(OCCC[NH+](Cc2cccc(C(F)(F)F)c2Cl)CC(c2ccccc2)c2ccccc2)c1. The third-order valence-electron chi connectivity index (χ3n) is 14.4. The van der Waals surface area contributed by atoms with Crippen molar-refractivity contribution in [2.24, 2.45) is 0 Å². The van der Waals surface area contributed by atoms with E-state index in [1.807, 2.05) is 72.8 Å². The van der Waals surface area contributed by atoms with Gasteiger partial charge in [-0.1, -0.05) is 193 Å². The summed E-state index contributed by atoms with van der Waals surface area (Å²) in [5.41, 5.74) is 5.00. The summed E-state index contributed by atoms with van der Waals surface area (Å²) < 4.78 is 93.6. The van der Waals surface area contributed by atoms with Gasteiger partial charge in [0.2, 0.25) is 0 Å². The molecule has 0 aromatic heterocycles. The summed E-state index contributed by atoms with van der Waals surface area (Å²) in [5.74, 6) is -0.651. The summed E-state index contributed by atoms with van der Waals surface area (Å²) in [6, 6.07) is 62.4. The summed E-state index contributed by atoms with van der Waals surface area (Å²) in [4.78, 5) is 24.3. The van der Waals surface area contributed by atoms with Crippen molar-refractivity contribution in [1.29, 1.82) is 0 Å². The number of halogens is 8. The molecule has 0 heterocycles. The van der Waals surface area contributed by atoms with E-state index in [-0.39, 0.29) is 40.8 Å². The van der Waals surface area contributed by atoms with Crippen molar-refractivity contribution < 1.29 is 65.4 Å². The lowest BCUT2D eigenvalue weighted by Crippen LogP contribution is -3.14. The van der Waals surface area contributed by atoms with Gasteiger partial charge in [-0.05, 0) is 76.7 Å². The number of quaternary nitrogens is 2. The number of hydrogen-bond donors (Lipinski definition) is 4. The molecule has 0 spiro atoms. The van der Waals surface area contributed by atoms with Gasteiger partial charge in [0.05, 0.1) is 84.7 Å². The molecule has 4 N–H and O–H groups in total. The predicted molar refractivity (Wildman–Crippen MR) is 312 cm³/mol. The second-order valence-corrected chi connectivity index (χ2v) is 21.2. The number of aliphatic carboxylic acids is 2. The van der Waals surface area contributed by atoms with Crippen LogP contribution in [0.25, 0.3) is 0 Å². The van der Waals surface area contributed by atoms with Gasteiger partial charge in [0.15, 0.2) is 0 Å². The Labute approximate surface area is 490 Å². The number of carboxylic acids is 2. The lowest BCUT2D eigenvalue weighted by Gasteiger charge is -2.31. The Balaban J connectivity index is 0.000000239. The van der Waals surface area contributed by atoms with E-state index in [4.69, 9.17) is 42.9 Å². The zero-order valence-electron chi connectivity index (χ0n) is 45.7. The average molecular weight is 1180 g/mol. The highest BCUT2D eigenvalue weighted by atomic mass is 35.5. The lowest BCUT2D eigenvalue weighted by molar-refractivity contribution is -0.938. The van der Waals surface area contributed by atoms with E-state index in [1.165, 1.54) is 12.1 Å². The highest BCUT2D eigenvalue weighted by Gasteiger charge is 2.36. The van der Waals surface area contributed by atoms with Gasteiger partial charge in [-0.3, -0.25) is 9.59 Å². The summed E-state index contributed by atoms with van der Waals surface area (Å²) in [5, 5.41) is 17.6. The van der Waals surface area contributed by atoms with Crippen molar-refractivity contribution in [2.45, 2.75) is 75.9 Å². The predicted octanol–water partition coefficient (Wildman–Crippen LogP) is 13.7. The van der Waals surface area contributed by atoms with Gasteiger partial charge in [-0.15, -0.1) is 0 Å². The van der Waals surface area contributed by atoms with Crippen molar-refractivity contribution in [3.8, 4) is 11.5 Å². The Morgan fingerprint density at radius 3 is 1.29 bits per heavy atom. The van der Waals surface area contributed by atoms with Crippen LogP contribution in [0.15, 0.2) is 206 Å². The molecule has 8 nitrogen and oxygen atoms in total. The number of benzene rings is 8. The molecule has 3 unspecified atom stereocenters. The third kappa shape index (κ3) is 19.5. The van der Waals surface area contributed by atoms with Gasteiger partial charge in [0.25, 0.3) is 0 Å². The van der Waals surface area contributed by atoms with Crippen LogP contribution in [0.5, 0.6) is 11.5 Å². The number of alkyl halides is 6. The van der Waals surface area contributed by atoms with Crippen LogP contribution in [0.1, 0.15) is 87.2 Å². The van der Waals surface area contributed by atoms with Crippen LogP contribution >= 0.6 is 23.2 Å². The topological polar surface area (TPSA) is 102 Å². The fraction of sp³-hybridized carbons (Fsp3) is 0.254. The Bertz CT molecular complexity index is 3220. The molecule has 0 bridgehead atoms. The molecule has 0 fully saturated rings. The van der Waals surface area contributed by atoms with Gasteiger partial charge in [-0.25, -0.2) is 0 Å². The number of carboxylic acid groups (broad SMARTS) is 2. The third-order valence-corrected chi connectivity index (χ3v) is 15.3. The minimum atomic E-state index is -4.54. The number of ether oxygens (including phenoxy) is 2. The summed E-state index contributed by atoms with van der Waals surface area (Å²) >= 11 is 12.6. The number of carbonyl (C=O) groups is 2. The second kappa shape index (κ2) is 30.6. The Morgan fingerprint density at radius 2 is 0.880 bits per heavy atom. The zero-order valence-corrected chi connectivity index (χ0v) is 47.2. The molecule has 434 valence electrons. The largest absolute Gasteiger partial charge is 0.493 e. The van der Waals surface area contributed by atoms with Crippen LogP contribution < -0.4 is 19.3 Å². The first kappa shape index (κ1) is 63.0. The van der Waals surface area contributed by atoms with Gasteiger partial charge < -0.3 is 29.5 Å². The first-order chi connectivity index (χ1) is 39.8. The standard InChI is InChI=1S/C34H33ClF3NO3.C33H31ClF3NO3/c1-24(18-19-42-29-16-8-10-25(20-29)21-32(40)41)39(22-28-15-9-17-31(33(28)35)34(36,37)38)23-30(26-11-4-2-5-12-26)27-13-6-3-7-14-27;34-32-27(15-8-17-30(32)33(35,36)37)22-38(18-9-19-41-28-16-7-10-24(20-28)21-31(39)40)23-29(25-11-3-1-4-12-25)26-13-5-2-6-14-26/h2-17,20,24,30H,18-19,21-23H2,1H3,(H,40,41);1-8,10-17,20,29H,9,18-19,21-23H2,(H,39,40)/p+2. The van der Waals surface area contributed by atoms with Crippen molar-refractivity contribution in [3.05, 3.63) is 272 Å². The molecule has 8 aromatic carbocycles. The van der Waals surface area contributed by atoms with Crippen molar-refractivity contribution in [2.75, 3.05) is 32.8 Å². The van der Waals surface area contributed by atoms with Crippen LogP contribution in [0.4, 0.5) is 26.3 Å². The minimum absolute atomic E-state index is 0.00282.